The second-order valence-electron chi connectivity index (χ2n) is 10.8. The van der Waals surface area contributed by atoms with Gasteiger partial charge >= 0.3 is 5.97 Å². The van der Waals surface area contributed by atoms with E-state index in [1.54, 1.807) is 0 Å². The molecule has 0 aromatic rings. The monoisotopic (exact) mass is 470 g/mol. The Balaban J connectivity index is 1.99. The fraction of sp³-hybridized carbons (Fsp3) is 0.880. The van der Waals surface area contributed by atoms with Gasteiger partial charge in [-0.05, 0) is 62.6 Å². The highest BCUT2D eigenvalue weighted by molar-refractivity contribution is 6.74. The van der Waals surface area contributed by atoms with Crippen LogP contribution in [-0.2, 0) is 23.4 Å². The van der Waals surface area contributed by atoms with Gasteiger partial charge in [0.25, 0.3) is 0 Å². The minimum atomic E-state index is -1.90. The SMILES string of the molecule is COC(=O)CCCC=CCC1C(O)C[C@@H](OC2CCCCO2)[C@@H]1CO[Si](C)(C)C(C)(C)C. The highest BCUT2D eigenvalue weighted by Crippen LogP contribution is 2.42. The predicted octanol–water partition coefficient (Wildman–Crippen LogP) is 5.21. The Hall–Kier alpha value is -0.733. The number of esters is 1. The van der Waals surface area contributed by atoms with E-state index in [1.807, 2.05) is 0 Å². The molecule has 0 bridgehead atoms. The molecule has 186 valence electrons. The van der Waals surface area contributed by atoms with Crippen LogP contribution in [-0.4, -0.2) is 58.2 Å². The minimum absolute atomic E-state index is 0.0457. The van der Waals surface area contributed by atoms with Gasteiger partial charge in [0.15, 0.2) is 14.6 Å². The van der Waals surface area contributed by atoms with Gasteiger partial charge in [0.05, 0.1) is 19.3 Å². The molecule has 0 radical (unpaired) electrons. The summed E-state index contributed by atoms with van der Waals surface area (Å²) in [6.45, 7) is 12.7. The lowest BCUT2D eigenvalue weighted by atomic mass is 9.91. The van der Waals surface area contributed by atoms with Crippen LogP contribution in [0, 0.1) is 11.8 Å². The molecule has 7 heteroatoms. The quantitative estimate of drug-likeness (QED) is 0.193. The summed E-state index contributed by atoms with van der Waals surface area (Å²) in [5.41, 5.74) is 0. The zero-order chi connectivity index (χ0) is 23.8. The van der Waals surface area contributed by atoms with Crippen LogP contribution in [0.15, 0.2) is 12.2 Å². The topological polar surface area (TPSA) is 74.2 Å². The third-order valence-corrected chi connectivity index (χ3v) is 12.0. The van der Waals surface area contributed by atoms with Crippen LogP contribution >= 0.6 is 0 Å². The number of methoxy groups -OCH3 is 1. The Labute approximate surface area is 196 Å². The number of aliphatic hydroxyl groups excluding tert-OH is 1. The first kappa shape index (κ1) is 27.5. The molecule has 2 rings (SSSR count). The van der Waals surface area contributed by atoms with Crippen LogP contribution in [0.2, 0.25) is 18.1 Å². The lowest BCUT2D eigenvalue weighted by molar-refractivity contribution is -0.197. The third kappa shape index (κ3) is 8.24. The Morgan fingerprint density at radius 1 is 1.19 bits per heavy atom. The fourth-order valence-corrected chi connectivity index (χ4v) is 5.28. The molecule has 2 fully saturated rings. The number of carbonyl (C=O) groups excluding carboxylic acids is 1. The van der Waals surface area contributed by atoms with Crippen molar-refractivity contribution in [3.05, 3.63) is 12.2 Å². The highest BCUT2D eigenvalue weighted by atomic mass is 28.4. The lowest BCUT2D eigenvalue weighted by Crippen LogP contribution is -2.44. The van der Waals surface area contributed by atoms with E-state index in [4.69, 9.17) is 13.9 Å². The molecule has 0 amide bonds. The number of ether oxygens (including phenoxy) is 3. The van der Waals surface area contributed by atoms with Gasteiger partial charge in [-0.2, -0.15) is 0 Å². The first-order valence-corrected chi connectivity index (χ1v) is 15.3. The van der Waals surface area contributed by atoms with Crippen molar-refractivity contribution in [2.24, 2.45) is 11.8 Å². The minimum Gasteiger partial charge on any atom is -0.469 e. The van der Waals surface area contributed by atoms with Crippen LogP contribution in [0.25, 0.3) is 0 Å². The van der Waals surface area contributed by atoms with Crippen molar-refractivity contribution in [1.82, 2.24) is 0 Å². The summed E-state index contributed by atoms with van der Waals surface area (Å²) in [5.74, 6) is 0.0759. The summed E-state index contributed by atoms with van der Waals surface area (Å²) < 4.78 is 23.5. The summed E-state index contributed by atoms with van der Waals surface area (Å²) in [7, 11) is -0.480. The number of hydrogen-bond acceptors (Lipinski definition) is 6. The van der Waals surface area contributed by atoms with Crippen LogP contribution in [0.4, 0.5) is 0 Å². The average molecular weight is 471 g/mol. The van der Waals surface area contributed by atoms with Gasteiger partial charge in [0.1, 0.15) is 0 Å². The van der Waals surface area contributed by atoms with Crippen LogP contribution in [0.3, 0.4) is 0 Å². The number of hydrogen-bond donors (Lipinski definition) is 1. The second kappa shape index (κ2) is 12.7. The summed E-state index contributed by atoms with van der Waals surface area (Å²) >= 11 is 0. The summed E-state index contributed by atoms with van der Waals surface area (Å²) in [6, 6.07) is 0. The van der Waals surface area contributed by atoms with Crippen molar-refractivity contribution in [1.29, 1.82) is 0 Å². The van der Waals surface area contributed by atoms with Crippen molar-refractivity contribution >= 4 is 14.3 Å². The number of carbonyl (C=O) groups is 1. The zero-order valence-corrected chi connectivity index (χ0v) is 22.1. The average Bonchev–Trinajstić information content (AvgIpc) is 3.02. The van der Waals surface area contributed by atoms with E-state index in [1.165, 1.54) is 7.11 Å². The summed E-state index contributed by atoms with van der Waals surface area (Å²) in [6.07, 6.45) is 10.2. The first-order valence-electron chi connectivity index (χ1n) is 12.4. The predicted molar refractivity (Wildman–Crippen MR) is 129 cm³/mol. The maximum absolute atomic E-state index is 11.2. The Morgan fingerprint density at radius 3 is 2.56 bits per heavy atom. The molecule has 3 unspecified atom stereocenters. The van der Waals surface area contributed by atoms with Gasteiger partial charge in [0.2, 0.25) is 0 Å². The molecule has 1 heterocycles. The van der Waals surface area contributed by atoms with Crippen molar-refractivity contribution < 1.29 is 28.5 Å². The molecule has 5 atom stereocenters. The molecular weight excluding hydrogens is 424 g/mol. The van der Waals surface area contributed by atoms with E-state index in [0.717, 1.165) is 45.1 Å². The molecule has 0 spiro atoms. The number of rotatable bonds is 11. The number of aliphatic hydroxyl groups is 1. The normalized spacial score (nSPS) is 29.5. The molecule has 0 aromatic heterocycles. The largest absolute Gasteiger partial charge is 0.469 e. The Kier molecular flexibility index (Phi) is 10.9. The zero-order valence-electron chi connectivity index (χ0n) is 21.1. The van der Waals surface area contributed by atoms with Crippen molar-refractivity contribution in [3.63, 3.8) is 0 Å². The Morgan fingerprint density at radius 2 is 1.94 bits per heavy atom. The first-order chi connectivity index (χ1) is 15.0. The number of unbranched alkanes of at least 4 members (excludes halogenated alkanes) is 1. The standard InChI is InChI=1S/C25H46O6Si/c1-25(2,3)32(5,6)30-18-20-19(13-9-7-8-10-14-23(27)28-4)21(26)17-22(20)31-24-15-11-12-16-29-24/h7,9,19-22,24,26H,8,10-18H2,1-6H3/t19?,20-,21?,22-,24?/m1/s1. The maximum atomic E-state index is 11.2. The van der Waals surface area contributed by atoms with Gasteiger partial charge in [-0.1, -0.05) is 32.9 Å². The molecule has 1 saturated heterocycles. The van der Waals surface area contributed by atoms with E-state index >= 15 is 0 Å². The van der Waals surface area contributed by atoms with Gasteiger partial charge in [-0.15, -0.1) is 0 Å². The molecule has 2 aliphatic rings. The summed E-state index contributed by atoms with van der Waals surface area (Å²) in [4.78, 5) is 11.2. The van der Waals surface area contributed by atoms with E-state index in [9.17, 15) is 9.90 Å². The van der Waals surface area contributed by atoms with E-state index in [0.29, 0.717) is 19.4 Å². The summed E-state index contributed by atoms with van der Waals surface area (Å²) in [5, 5.41) is 11.0. The smallest absolute Gasteiger partial charge is 0.305 e. The van der Waals surface area contributed by atoms with E-state index in [2.05, 4.69) is 50.8 Å². The highest BCUT2D eigenvalue weighted by Gasteiger charge is 2.46. The molecular formula is C25H46O6Si. The number of allylic oxidation sites excluding steroid dienone is 2. The van der Waals surface area contributed by atoms with Gasteiger partial charge in [0, 0.05) is 32.0 Å². The molecule has 1 aliphatic carbocycles. The van der Waals surface area contributed by atoms with E-state index in [-0.39, 0.29) is 35.2 Å². The molecule has 6 nitrogen and oxygen atoms in total. The third-order valence-electron chi connectivity index (χ3n) is 7.46. The van der Waals surface area contributed by atoms with Gasteiger partial charge in [-0.3, -0.25) is 4.79 Å². The van der Waals surface area contributed by atoms with Crippen molar-refractivity contribution in [3.8, 4) is 0 Å². The lowest BCUT2D eigenvalue weighted by Gasteiger charge is -2.38. The molecule has 32 heavy (non-hydrogen) atoms. The fourth-order valence-electron chi connectivity index (χ4n) is 4.24. The molecule has 1 saturated carbocycles. The van der Waals surface area contributed by atoms with Crippen molar-refractivity contribution in [2.75, 3.05) is 20.3 Å². The van der Waals surface area contributed by atoms with Gasteiger partial charge in [-0.25, -0.2) is 0 Å². The molecule has 1 N–H and O–H groups in total. The van der Waals surface area contributed by atoms with Crippen LogP contribution in [0.1, 0.15) is 72.1 Å². The van der Waals surface area contributed by atoms with Crippen LogP contribution in [0.5, 0.6) is 0 Å². The van der Waals surface area contributed by atoms with E-state index < -0.39 is 14.4 Å². The van der Waals surface area contributed by atoms with Crippen LogP contribution < -0.4 is 0 Å². The van der Waals surface area contributed by atoms with Crippen molar-refractivity contribution in [2.45, 2.75) is 109 Å². The maximum Gasteiger partial charge on any atom is 0.305 e. The molecule has 1 aliphatic heterocycles. The van der Waals surface area contributed by atoms with Gasteiger partial charge < -0.3 is 23.7 Å². The second-order valence-corrected chi connectivity index (χ2v) is 15.7. The Bertz CT molecular complexity index is 594. The molecule has 0 aromatic carbocycles.